The van der Waals surface area contributed by atoms with Crippen molar-refractivity contribution in [3.8, 4) is 5.75 Å². The van der Waals surface area contributed by atoms with Gasteiger partial charge in [0, 0.05) is 23.2 Å². The number of carbonyl (C=O) groups is 1. The molecule has 0 radical (unpaired) electrons. The fourth-order valence-corrected chi connectivity index (χ4v) is 3.56. The Kier molecular flexibility index (Phi) is 4.10. The molecule has 110 valence electrons. The van der Waals surface area contributed by atoms with Crippen LogP contribution >= 0.6 is 11.3 Å². The number of thiophene rings is 1. The number of likely N-dealkylation sites (tertiary alicyclic amines) is 1. The summed E-state index contributed by atoms with van der Waals surface area (Å²) in [5.74, 6) is 0.740. The molecule has 21 heavy (non-hydrogen) atoms. The van der Waals surface area contributed by atoms with E-state index in [0.717, 1.165) is 30.8 Å². The van der Waals surface area contributed by atoms with Crippen LogP contribution in [-0.2, 0) is 0 Å². The Morgan fingerprint density at radius 3 is 3.05 bits per heavy atom. The fraction of sp³-hybridized carbons (Fsp3) is 0.312. The molecule has 1 fully saturated rings. The number of methoxy groups -OCH3 is 1. The summed E-state index contributed by atoms with van der Waals surface area (Å²) in [5.41, 5.74) is 0.760. The molecule has 2 amide bonds. The van der Waals surface area contributed by atoms with Gasteiger partial charge in [-0.15, -0.1) is 11.3 Å². The number of hydrogen-bond acceptors (Lipinski definition) is 3. The summed E-state index contributed by atoms with van der Waals surface area (Å²) in [5, 5.41) is 5.02. The lowest BCUT2D eigenvalue weighted by Gasteiger charge is -2.24. The van der Waals surface area contributed by atoms with Gasteiger partial charge in [0.15, 0.2) is 0 Å². The highest BCUT2D eigenvalue weighted by Gasteiger charge is 2.30. The minimum absolute atomic E-state index is 0.0425. The maximum absolute atomic E-state index is 12.5. The van der Waals surface area contributed by atoms with Crippen molar-refractivity contribution in [1.29, 1.82) is 0 Å². The summed E-state index contributed by atoms with van der Waals surface area (Å²) < 4.78 is 5.18. The van der Waals surface area contributed by atoms with Crippen molar-refractivity contribution in [3.63, 3.8) is 0 Å². The first-order valence-electron chi connectivity index (χ1n) is 7.03. The van der Waals surface area contributed by atoms with Crippen molar-refractivity contribution in [2.45, 2.75) is 18.9 Å². The largest absolute Gasteiger partial charge is 0.497 e. The molecule has 1 aliphatic rings. The second-order valence-electron chi connectivity index (χ2n) is 5.03. The molecule has 0 spiro atoms. The first kappa shape index (κ1) is 13.9. The van der Waals surface area contributed by atoms with Gasteiger partial charge in [-0.05, 0) is 36.4 Å². The third-order valence-corrected chi connectivity index (χ3v) is 4.68. The molecule has 2 aromatic rings. The summed E-state index contributed by atoms with van der Waals surface area (Å²) in [6, 6.07) is 11.7. The van der Waals surface area contributed by atoms with Crippen molar-refractivity contribution in [2.24, 2.45) is 0 Å². The standard InChI is InChI=1S/C16H18N2O2S/c1-20-13-6-2-5-12(11-13)17-16(19)18-9-3-7-14(18)15-8-4-10-21-15/h2,4-6,8,10-11,14H,3,7,9H2,1H3,(H,17,19). The number of hydrogen-bond donors (Lipinski definition) is 1. The van der Waals surface area contributed by atoms with Crippen LogP contribution in [0, 0.1) is 0 Å². The number of nitrogens with one attached hydrogen (secondary N) is 1. The molecule has 3 rings (SSSR count). The van der Waals surface area contributed by atoms with E-state index in [4.69, 9.17) is 4.74 Å². The number of anilines is 1. The predicted octanol–water partition coefficient (Wildman–Crippen LogP) is 4.13. The number of urea groups is 1. The van der Waals surface area contributed by atoms with Crippen LogP contribution in [0.5, 0.6) is 5.75 Å². The van der Waals surface area contributed by atoms with E-state index in [2.05, 4.69) is 16.8 Å². The van der Waals surface area contributed by atoms with E-state index in [1.165, 1.54) is 4.88 Å². The topological polar surface area (TPSA) is 41.6 Å². The number of rotatable bonds is 3. The Hall–Kier alpha value is -2.01. The van der Waals surface area contributed by atoms with Gasteiger partial charge in [-0.3, -0.25) is 0 Å². The van der Waals surface area contributed by atoms with Crippen LogP contribution < -0.4 is 10.1 Å². The summed E-state index contributed by atoms with van der Waals surface area (Å²) in [6.45, 7) is 0.804. The van der Waals surface area contributed by atoms with Crippen molar-refractivity contribution >= 4 is 23.1 Å². The Morgan fingerprint density at radius 1 is 1.38 bits per heavy atom. The average Bonchev–Trinajstić information content (AvgIpc) is 3.18. The average molecular weight is 302 g/mol. The maximum Gasteiger partial charge on any atom is 0.322 e. The van der Waals surface area contributed by atoms with Crippen molar-refractivity contribution in [3.05, 3.63) is 46.7 Å². The van der Waals surface area contributed by atoms with Gasteiger partial charge >= 0.3 is 6.03 Å². The van der Waals surface area contributed by atoms with E-state index < -0.39 is 0 Å². The van der Waals surface area contributed by atoms with Crippen LogP contribution in [0.1, 0.15) is 23.8 Å². The van der Waals surface area contributed by atoms with E-state index in [9.17, 15) is 4.79 Å². The zero-order valence-corrected chi connectivity index (χ0v) is 12.7. The number of carbonyl (C=O) groups excluding carboxylic acids is 1. The molecule has 1 atom stereocenters. The van der Waals surface area contributed by atoms with Crippen LogP contribution in [-0.4, -0.2) is 24.6 Å². The van der Waals surface area contributed by atoms with Gasteiger partial charge in [0.25, 0.3) is 0 Å². The Bertz CT molecular complexity index is 612. The zero-order valence-electron chi connectivity index (χ0n) is 11.9. The highest BCUT2D eigenvalue weighted by atomic mass is 32.1. The lowest BCUT2D eigenvalue weighted by molar-refractivity contribution is 0.208. The van der Waals surface area contributed by atoms with Gasteiger partial charge in [-0.2, -0.15) is 0 Å². The zero-order chi connectivity index (χ0) is 14.7. The van der Waals surface area contributed by atoms with Crippen LogP contribution in [0.3, 0.4) is 0 Å². The summed E-state index contributed by atoms with van der Waals surface area (Å²) in [6.07, 6.45) is 2.08. The van der Waals surface area contributed by atoms with Gasteiger partial charge < -0.3 is 15.0 Å². The number of ether oxygens (including phenoxy) is 1. The molecule has 2 heterocycles. The number of nitrogens with zero attached hydrogens (tertiary/aromatic N) is 1. The van der Waals surface area contributed by atoms with Crippen molar-refractivity contribution in [2.75, 3.05) is 19.0 Å². The van der Waals surface area contributed by atoms with Crippen LogP contribution in [0.25, 0.3) is 0 Å². The van der Waals surface area contributed by atoms with Crippen LogP contribution in [0.4, 0.5) is 10.5 Å². The van der Waals surface area contributed by atoms with Crippen LogP contribution in [0.15, 0.2) is 41.8 Å². The molecule has 1 aromatic carbocycles. The quantitative estimate of drug-likeness (QED) is 0.926. The second kappa shape index (κ2) is 6.18. The van der Waals surface area contributed by atoms with Gasteiger partial charge in [-0.25, -0.2) is 4.79 Å². The summed E-state index contributed by atoms with van der Waals surface area (Å²) in [4.78, 5) is 15.7. The number of benzene rings is 1. The smallest absolute Gasteiger partial charge is 0.322 e. The molecule has 0 aliphatic carbocycles. The predicted molar refractivity (Wildman–Crippen MR) is 85.0 cm³/mol. The van der Waals surface area contributed by atoms with Crippen LogP contribution in [0.2, 0.25) is 0 Å². The minimum atomic E-state index is -0.0425. The van der Waals surface area contributed by atoms with Crippen molar-refractivity contribution < 1.29 is 9.53 Å². The van der Waals surface area contributed by atoms with Gasteiger partial charge in [0.1, 0.15) is 5.75 Å². The first-order chi connectivity index (χ1) is 10.3. The van der Waals surface area contributed by atoms with Gasteiger partial charge in [0.2, 0.25) is 0 Å². The Balaban J connectivity index is 1.72. The molecule has 1 aliphatic heterocycles. The lowest BCUT2D eigenvalue weighted by Crippen LogP contribution is -2.34. The van der Waals surface area contributed by atoms with Crippen molar-refractivity contribution in [1.82, 2.24) is 4.90 Å². The normalized spacial score (nSPS) is 17.8. The first-order valence-corrected chi connectivity index (χ1v) is 7.91. The molecule has 0 saturated carbocycles. The second-order valence-corrected chi connectivity index (χ2v) is 6.01. The molecule has 4 nitrogen and oxygen atoms in total. The van der Waals surface area contributed by atoms with E-state index >= 15 is 0 Å². The Morgan fingerprint density at radius 2 is 2.29 bits per heavy atom. The molecule has 1 N–H and O–H groups in total. The van der Waals surface area contributed by atoms with Gasteiger partial charge in [-0.1, -0.05) is 12.1 Å². The van der Waals surface area contributed by atoms with E-state index in [1.807, 2.05) is 35.2 Å². The molecular weight excluding hydrogens is 284 g/mol. The maximum atomic E-state index is 12.5. The fourth-order valence-electron chi connectivity index (χ4n) is 2.68. The SMILES string of the molecule is COc1cccc(NC(=O)N2CCCC2c2cccs2)c1. The van der Waals surface area contributed by atoms with E-state index in [1.54, 1.807) is 18.4 Å². The molecular formula is C16H18N2O2S. The molecule has 1 saturated heterocycles. The number of amides is 2. The summed E-state index contributed by atoms with van der Waals surface area (Å²) in [7, 11) is 1.62. The highest BCUT2D eigenvalue weighted by Crippen LogP contribution is 2.34. The highest BCUT2D eigenvalue weighted by molar-refractivity contribution is 7.10. The summed E-state index contributed by atoms with van der Waals surface area (Å²) >= 11 is 1.71. The lowest BCUT2D eigenvalue weighted by atomic mass is 10.2. The monoisotopic (exact) mass is 302 g/mol. The third kappa shape index (κ3) is 3.03. The Labute approximate surface area is 128 Å². The molecule has 5 heteroatoms. The molecule has 1 aromatic heterocycles. The van der Waals surface area contributed by atoms with E-state index in [0.29, 0.717) is 0 Å². The third-order valence-electron chi connectivity index (χ3n) is 3.71. The van der Waals surface area contributed by atoms with E-state index in [-0.39, 0.29) is 12.1 Å². The van der Waals surface area contributed by atoms with Gasteiger partial charge in [0.05, 0.1) is 13.2 Å². The minimum Gasteiger partial charge on any atom is -0.497 e. The molecule has 1 unspecified atom stereocenters. The molecule has 0 bridgehead atoms.